The van der Waals surface area contributed by atoms with Crippen molar-refractivity contribution in [2.45, 2.75) is 12.8 Å². The third-order valence-corrected chi connectivity index (χ3v) is 5.83. The molecule has 0 spiro atoms. The van der Waals surface area contributed by atoms with Crippen LogP contribution in [0, 0.1) is 0 Å². The van der Waals surface area contributed by atoms with Crippen LogP contribution >= 0.6 is 11.6 Å². The molecule has 186 valence electrons. The maximum Gasteiger partial charge on any atom is 0.453 e. The van der Waals surface area contributed by atoms with Gasteiger partial charge in [-0.15, -0.1) is 0 Å². The van der Waals surface area contributed by atoms with E-state index >= 15 is 0 Å². The fraction of sp³-hybridized carbons (Fsp3) is 0.0690. The summed E-state index contributed by atoms with van der Waals surface area (Å²) >= 11 is 5.87. The summed E-state index contributed by atoms with van der Waals surface area (Å²) in [4.78, 5) is 13.1. The number of hydrogen-bond acceptors (Lipinski definition) is 4. The van der Waals surface area contributed by atoms with E-state index in [9.17, 15) is 18.0 Å². The minimum atomic E-state index is -4.97. The number of ether oxygens (including phenoxy) is 2. The van der Waals surface area contributed by atoms with Gasteiger partial charge < -0.3 is 13.9 Å². The number of rotatable bonds is 6. The van der Waals surface area contributed by atoms with Gasteiger partial charge in [-0.3, -0.25) is 4.79 Å². The van der Waals surface area contributed by atoms with Crippen LogP contribution in [-0.4, -0.2) is 0 Å². The lowest BCUT2D eigenvalue weighted by atomic mass is 10.1. The van der Waals surface area contributed by atoms with Crippen LogP contribution in [0.2, 0.25) is 5.02 Å². The lowest BCUT2D eigenvalue weighted by molar-refractivity contribution is -0.154. The molecule has 0 amide bonds. The van der Waals surface area contributed by atoms with Gasteiger partial charge in [-0.05, 0) is 53.1 Å². The largest absolute Gasteiger partial charge is 0.489 e. The fourth-order valence-corrected chi connectivity index (χ4v) is 3.86. The predicted octanol–water partition coefficient (Wildman–Crippen LogP) is 8.50. The lowest BCUT2D eigenvalue weighted by Crippen LogP contribution is -2.15. The Bertz CT molecular complexity index is 1590. The first-order valence-corrected chi connectivity index (χ1v) is 11.5. The molecule has 4 aromatic carbocycles. The normalized spacial score (nSPS) is 11.5. The predicted molar refractivity (Wildman–Crippen MR) is 135 cm³/mol. The van der Waals surface area contributed by atoms with Crippen LogP contribution in [0.5, 0.6) is 17.2 Å². The van der Waals surface area contributed by atoms with Crippen LogP contribution in [0.25, 0.3) is 22.1 Å². The summed E-state index contributed by atoms with van der Waals surface area (Å²) in [5.74, 6) is -2.14. The van der Waals surface area contributed by atoms with E-state index in [4.69, 9.17) is 25.5 Å². The number of benzene rings is 4. The van der Waals surface area contributed by atoms with E-state index in [1.54, 1.807) is 36.4 Å². The minimum absolute atomic E-state index is 0.0669. The average molecular weight is 523 g/mol. The summed E-state index contributed by atoms with van der Waals surface area (Å²) in [6, 6.07) is 26.9. The van der Waals surface area contributed by atoms with E-state index < -0.39 is 23.1 Å². The second kappa shape index (κ2) is 10.0. The van der Waals surface area contributed by atoms with Gasteiger partial charge in [0.15, 0.2) is 0 Å². The summed E-state index contributed by atoms with van der Waals surface area (Å²) < 4.78 is 57.9. The monoisotopic (exact) mass is 522 g/mol. The Kier molecular flexibility index (Phi) is 6.63. The van der Waals surface area contributed by atoms with Gasteiger partial charge in [0.25, 0.3) is 5.76 Å². The molecule has 0 saturated carbocycles. The van der Waals surface area contributed by atoms with Gasteiger partial charge in [-0.1, -0.05) is 66.2 Å². The van der Waals surface area contributed by atoms with Crippen molar-refractivity contribution in [3.05, 3.63) is 124 Å². The van der Waals surface area contributed by atoms with Gasteiger partial charge >= 0.3 is 6.18 Å². The molecule has 0 saturated heterocycles. The molecule has 4 nitrogen and oxygen atoms in total. The molecule has 0 aliphatic carbocycles. The molecule has 0 radical (unpaired) electrons. The summed E-state index contributed by atoms with van der Waals surface area (Å²) in [5, 5.41) is 0.504. The summed E-state index contributed by atoms with van der Waals surface area (Å²) in [6.07, 6.45) is -4.97. The van der Waals surface area contributed by atoms with Crippen molar-refractivity contribution in [1.82, 2.24) is 0 Å². The SMILES string of the molecule is O=c1c(Oc2ccc(-c3ccccc3)cc2)c(C(F)(F)F)oc2cc(OCc3ccc(Cl)cc3)ccc12. The van der Waals surface area contributed by atoms with Crippen LogP contribution in [0.1, 0.15) is 11.3 Å². The Balaban J connectivity index is 1.46. The maximum absolute atomic E-state index is 13.9. The van der Waals surface area contributed by atoms with Gasteiger partial charge in [0, 0.05) is 11.1 Å². The number of hydrogen-bond donors (Lipinski definition) is 0. The van der Waals surface area contributed by atoms with Crippen molar-refractivity contribution in [1.29, 1.82) is 0 Å². The van der Waals surface area contributed by atoms with Crippen LogP contribution in [-0.2, 0) is 12.8 Å². The van der Waals surface area contributed by atoms with E-state index in [0.29, 0.717) is 5.02 Å². The van der Waals surface area contributed by atoms with Gasteiger partial charge in [-0.25, -0.2) is 0 Å². The zero-order valence-corrected chi connectivity index (χ0v) is 19.8. The van der Waals surface area contributed by atoms with Crippen molar-refractivity contribution < 1.29 is 27.1 Å². The maximum atomic E-state index is 13.9. The number of alkyl halides is 3. The van der Waals surface area contributed by atoms with Gasteiger partial charge in [0.2, 0.25) is 11.2 Å². The van der Waals surface area contributed by atoms with E-state index in [0.717, 1.165) is 16.7 Å². The minimum Gasteiger partial charge on any atom is -0.489 e. The van der Waals surface area contributed by atoms with Crippen molar-refractivity contribution >= 4 is 22.6 Å². The van der Waals surface area contributed by atoms with E-state index in [1.807, 2.05) is 30.3 Å². The quantitative estimate of drug-likeness (QED) is 0.224. The second-order valence-electron chi connectivity index (χ2n) is 8.15. The third-order valence-electron chi connectivity index (χ3n) is 5.58. The molecule has 1 heterocycles. The molecule has 0 fully saturated rings. The zero-order chi connectivity index (χ0) is 26.0. The van der Waals surface area contributed by atoms with Crippen molar-refractivity contribution in [2.75, 3.05) is 0 Å². The molecule has 1 aromatic heterocycles. The fourth-order valence-electron chi connectivity index (χ4n) is 3.74. The third kappa shape index (κ3) is 5.47. The highest BCUT2D eigenvalue weighted by molar-refractivity contribution is 6.30. The Morgan fingerprint density at radius 3 is 2.11 bits per heavy atom. The number of halogens is 4. The standard InChI is InChI=1S/C29H18ClF3O4/c30-21-10-6-18(7-11-21)17-35-23-14-15-24-25(16-23)37-28(29(31,32)33)27(26(24)34)36-22-12-8-20(9-13-22)19-4-2-1-3-5-19/h1-16H,17H2. The van der Waals surface area contributed by atoms with Crippen molar-refractivity contribution in [3.8, 4) is 28.4 Å². The molecule has 37 heavy (non-hydrogen) atoms. The molecule has 5 rings (SSSR count). The second-order valence-corrected chi connectivity index (χ2v) is 8.59. The summed E-state index contributed by atoms with van der Waals surface area (Å²) in [5.41, 5.74) is 1.39. The number of fused-ring (bicyclic) bond motifs is 1. The highest BCUT2D eigenvalue weighted by atomic mass is 35.5. The molecule has 0 N–H and O–H groups in total. The van der Waals surface area contributed by atoms with Gasteiger partial charge in [0.05, 0.1) is 5.39 Å². The zero-order valence-electron chi connectivity index (χ0n) is 19.1. The first kappa shape index (κ1) is 24.5. The van der Waals surface area contributed by atoms with Crippen molar-refractivity contribution in [2.24, 2.45) is 0 Å². The van der Waals surface area contributed by atoms with E-state index in [1.165, 1.54) is 30.3 Å². The molecule has 8 heteroatoms. The molecule has 0 atom stereocenters. The molecule has 0 aliphatic rings. The Hall–Kier alpha value is -4.23. The average Bonchev–Trinajstić information content (AvgIpc) is 2.90. The Labute approximate surface area is 214 Å². The van der Waals surface area contributed by atoms with Crippen LogP contribution < -0.4 is 14.9 Å². The van der Waals surface area contributed by atoms with Crippen molar-refractivity contribution in [3.63, 3.8) is 0 Å². The van der Waals surface area contributed by atoms with E-state index in [2.05, 4.69) is 0 Å². The molecular formula is C29H18ClF3O4. The lowest BCUT2D eigenvalue weighted by Gasteiger charge is -2.14. The highest BCUT2D eigenvalue weighted by Gasteiger charge is 2.40. The summed E-state index contributed by atoms with van der Waals surface area (Å²) in [7, 11) is 0. The van der Waals surface area contributed by atoms with Crippen LogP contribution in [0.15, 0.2) is 106 Å². The molecule has 0 unspecified atom stereocenters. The van der Waals surface area contributed by atoms with Gasteiger partial charge in [0.1, 0.15) is 23.7 Å². The summed E-state index contributed by atoms with van der Waals surface area (Å²) in [6.45, 7) is 0.152. The molecular weight excluding hydrogens is 505 g/mol. The van der Waals surface area contributed by atoms with Crippen LogP contribution in [0.4, 0.5) is 13.2 Å². The molecule has 0 bridgehead atoms. The smallest absolute Gasteiger partial charge is 0.453 e. The van der Waals surface area contributed by atoms with Crippen LogP contribution in [0.3, 0.4) is 0 Å². The Morgan fingerprint density at radius 2 is 1.43 bits per heavy atom. The molecule has 0 aliphatic heterocycles. The van der Waals surface area contributed by atoms with Gasteiger partial charge in [-0.2, -0.15) is 13.2 Å². The van der Waals surface area contributed by atoms with E-state index in [-0.39, 0.29) is 29.1 Å². The molecule has 5 aromatic rings. The Morgan fingerprint density at radius 1 is 0.784 bits per heavy atom. The highest BCUT2D eigenvalue weighted by Crippen LogP contribution is 2.39. The first-order chi connectivity index (χ1) is 17.8. The topological polar surface area (TPSA) is 48.7 Å². The first-order valence-electron chi connectivity index (χ1n) is 11.2.